The van der Waals surface area contributed by atoms with E-state index in [4.69, 9.17) is 5.11 Å². The first-order valence-corrected chi connectivity index (χ1v) is 6.33. The third-order valence-electron chi connectivity index (χ3n) is 2.33. The van der Waals surface area contributed by atoms with Crippen LogP contribution in [0.25, 0.3) is 0 Å². The van der Waals surface area contributed by atoms with Crippen LogP contribution in [0.5, 0.6) is 0 Å². The van der Waals surface area contributed by atoms with Crippen molar-refractivity contribution in [2.24, 2.45) is 0 Å². The molecule has 0 amide bonds. The van der Waals surface area contributed by atoms with Crippen molar-refractivity contribution in [3.63, 3.8) is 0 Å². The maximum Gasteiger partial charge on any atom is 0.137 e. The van der Waals surface area contributed by atoms with E-state index in [1.54, 1.807) is 12.1 Å². The van der Waals surface area contributed by atoms with Gasteiger partial charge in [0.2, 0.25) is 0 Å². The number of hydrogen-bond acceptors (Lipinski definition) is 2. The van der Waals surface area contributed by atoms with E-state index in [2.05, 4.69) is 21.2 Å². The second kappa shape index (κ2) is 7.63. The number of aliphatic hydroxyl groups is 1. The lowest BCUT2D eigenvalue weighted by Gasteiger charge is -2.06. The average Bonchev–Trinajstić information content (AvgIpc) is 2.28. The molecule has 0 radical (unpaired) electrons. The third-order valence-corrected chi connectivity index (χ3v) is 2.94. The Balaban J connectivity index is 2.19. The van der Waals surface area contributed by atoms with Crippen molar-refractivity contribution in [1.82, 2.24) is 0 Å². The highest BCUT2D eigenvalue weighted by Gasteiger charge is 1.99. The van der Waals surface area contributed by atoms with Crippen molar-refractivity contribution < 1.29 is 9.50 Å². The van der Waals surface area contributed by atoms with E-state index in [0.29, 0.717) is 4.47 Å². The summed E-state index contributed by atoms with van der Waals surface area (Å²) in [6.45, 7) is 1.15. The second-order valence-corrected chi connectivity index (χ2v) is 4.55. The summed E-state index contributed by atoms with van der Waals surface area (Å²) in [6, 6.07) is 4.91. The molecule has 0 aromatic heterocycles. The van der Waals surface area contributed by atoms with Crippen molar-refractivity contribution >= 4 is 21.6 Å². The molecule has 1 aromatic carbocycles. The molecule has 0 saturated heterocycles. The number of hydrogen-bond donors (Lipinski definition) is 2. The number of nitrogens with one attached hydrogen (secondary N) is 1. The summed E-state index contributed by atoms with van der Waals surface area (Å²) in [6.07, 6.45) is 4.11. The van der Waals surface area contributed by atoms with Crippen molar-refractivity contribution in [3.05, 3.63) is 28.5 Å². The highest BCUT2D eigenvalue weighted by Crippen LogP contribution is 2.19. The first kappa shape index (κ1) is 13.5. The fourth-order valence-corrected chi connectivity index (χ4v) is 1.81. The van der Waals surface area contributed by atoms with E-state index < -0.39 is 0 Å². The lowest BCUT2D eigenvalue weighted by Crippen LogP contribution is -2.01. The molecule has 0 saturated carbocycles. The molecule has 0 bridgehead atoms. The Labute approximate surface area is 104 Å². The van der Waals surface area contributed by atoms with Gasteiger partial charge in [0.1, 0.15) is 5.82 Å². The molecule has 0 unspecified atom stereocenters. The summed E-state index contributed by atoms with van der Waals surface area (Å²) in [5.74, 6) is -0.242. The van der Waals surface area contributed by atoms with Crippen LogP contribution >= 0.6 is 15.9 Å². The molecule has 1 rings (SSSR count). The summed E-state index contributed by atoms with van der Waals surface area (Å²) in [5.41, 5.74) is 0.926. The third kappa shape index (κ3) is 4.94. The Bertz CT molecular complexity index is 320. The number of aliphatic hydroxyl groups excluding tert-OH is 1. The van der Waals surface area contributed by atoms with E-state index in [1.165, 1.54) is 6.07 Å². The van der Waals surface area contributed by atoms with Crippen LogP contribution in [0, 0.1) is 5.82 Å². The maximum atomic E-state index is 12.9. The minimum absolute atomic E-state index is 0.242. The SMILES string of the molecule is OCCCCCCNc1ccc(F)c(Br)c1. The number of benzene rings is 1. The number of anilines is 1. The van der Waals surface area contributed by atoms with E-state index in [9.17, 15) is 4.39 Å². The quantitative estimate of drug-likeness (QED) is 0.753. The van der Waals surface area contributed by atoms with Gasteiger partial charge in [0.25, 0.3) is 0 Å². The van der Waals surface area contributed by atoms with Crippen LogP contribution in [0.15, 0.2) is 22.7 Å². The van der Waals surface area contributed by atoms with Gasteiger partial charge in [0.05, 0.1) is 4.47 Å². The number of unbranched alkanes of at least 4 members (excludes halogenated alkanes) is 3. The van der Waals surface area contributed by atoms with Crippen molar-refractivity contribution in [1.29, 1.82) is 0 Å². The van der Waals surface area contributed by atoms with Gasteiger partial charge >= 0.3 is 0 Å². The van der Waals surface area contributed by atoms with E-state index in [1.807, 2.05) is 0 Å². The highest BCUT2D eigenvalue weighted by molar-refractivity contribution is 9.10. The van der Waals surface area contributed by atoms with E-state index in [-0.39, 0.29) is 12.4 Å². The molecule has 2 N–H and O–H groups in total. The molecule has 2 nitrogen and oxygen atoms in total. The zero-order valence-electron chi connectivity index (χ0n) is 9.18. The van der Waals surface area contributed by atoms with Crippen molar-refractivity contribution in [2.75, 3.05) is 18.5 Å². The Morgan fingerprint density at radius 3 is 2.62 bits per heavy atom. The topological polar surface area (TPSA) is 32.3 Å². The zero-order chi connectivity index (χ0) is 11.8. The first-order valence-electron chi connectivity index (χ1n) is 5.54. The summed E-state index contributed by atoms with van der Waals surface area (Å²) < 4.78 is 13.4. The van der Waals surface area contributed by atoms with Crippen LogP contribution in [0.1, 0.15) is 25.7 Å². The fourth-order valence-electron chi connectivity index (χ4n) is 1.43. The number of rotatable bonds is 7. The van der Waals surface area contributed by atoms with Gasteiger partial charge in [-0.15, -0.1) is 0 Å². The average molecular weight is 290 g/mol. The van der Waals surface area contributed by atoms with Gasteiger partial charge in [0, 0.05) is 18.8 Å². The molecule has 4 heteroatoms. The van der Waals surface area contributed by atoms with Crippen LogP contribution in [0.3, 0.4) is 0 Å². The van der Waals surface area contributed by atoms with Crippen LogP contribution in [0.2, 0.25) is 0 Å². The largest absolute Gasteiger partial charge is 0.396 e. The summed E-state index contributed by atoms with van der Waals surface area (Å²) >= 11 is 3.15. The van der Waals surface area contributed by atoms with Crippen LogP contribution in [-0.4, -0.2) is 18.3 Å². The Hall–Kier alpha value is -0.610. The second-order valence-electron chi connectivity index (χ2n) is 3.69. The van der Waals surface area contributed by atoms with E-state index in [0.717, 1.165) is 37.9 Å². The normalized spacial score (nSPS) is 10.4. The van der Waals surface area contributed by atoms with Crippen LogP contribution < -0.4 is 5.32 Å². The molecule has 90 valence electrons. The highest BCUT2D eigenvalue weighted by atomic mass is 79.9. The summed E-state index contributed by atoms with van der Waals surface area (Å²) in [7, 11) is 0. The van der Waals surface area contributed by atoms with Gasteiger partial charge < -0.3 is 10.4 Å². The van der Waals surface area contributed by atoms with Crippen LogP contribution in [0.4, 0.5) is 10.1 Å². The summed E-state index contributed by atoms with van der Waals surface area (Å²) in [5, 5.41) is 11.8. The van der Waals surface area contributed by atoms with Crippen molar-refractivity contribution in [3.8, 4) is 0 Å². The fraction of sp³-hybridized carbons (Fsp3) is 0.500. The molecule has 0 aliphatic carbocycles. The standard InChI is InChI=1S/C12H17BrFNO/c13-11-9-10(5-6-12(11)14)15-7-3-1-2-4-8-16/h5-6,9,15-16H,1-4,7-8H2. The smallest absolute Gasteiger partial charge is 0.137 e. The van der Waals surface area contributed by atoms with E-state index >= 15 is 0 Å². The zero-order valence-corrected chi connectivity index (χ0v) is 10.8. The molecule has 0 atom stereocenters. The van der Waals surface area contributed by atoms with Gasteiger partial charge in [-0.1, -0.05) is 12.8 Å². The molecule has 16 heavy (non-hydrogen) atoms. The van der Waals surface area contributed by atoms with Gasteiger partial charge in [-0.3, -0.25) is 0 Å². The monoisotopic (exact) mass is 289 g/mol. The molecule has 0 spiro atoms. The minimum Gasteiger partial charge on any atom is -0.396 e. The Morgan fingerprint density at radius 1 is 1.19 bits per heavy atom. The predicted molar refractivity (Wildman–Crippen MR) is 68.1 cm³/mol. The van der Waals surface area contributed by atoms with Gasteiger partial charge in [-0.2, -0.15) is 0 Å². The molecule has 0 aliphatic heterocycles. The summed E-state index contributed by atoms with van der Waals surface area (Å²) in [4.78, 5) is 0. The van der Waals surface area contributed by atoms with Crippen LogP contribution in [-0.2, 0) is 0 Å². The predicted octanol–water partition coefficient (Wildman–Crippen LogP) is 3.55. The molecule has 0 aliphatic rings. The number of halogens is 2. The van der Waals surface area contributed by atoms with Gasteiger partial charge in [-0.25, -0.2) is 4.39 Å². The lowest BCUT2D eigenvalue weighted by atomic mass is 10.2. The van der Waals surface area contributed by atoms with Crippen molar-refractivity contribution in [2.45, 2.75) is 25.7 Å². The molecule has 0 fully saturated rings. The molecule has 0 heterocycles. The maximum absolute atomic E-state index is 12.9. The molecule has 1 aromatic rings. The Morgan fingerprint density at radius 2 is 1.94 bits per heavy atom. The minimum atomic E-state index is -0.242. The lowest BCUT2D eigenvalue weighted by molar-refractivity contribution is 0.283. The Kier molecular flexibility index (Phi) is 6.42. The van der Waals surface area contributed by atoms with Gasteiger partial charge in [0.15, 0.2) is 0 Å². The molecular formula is C12H17BrFNO. The first-order chi connectivity index (χ1) is 7.74. The molecular weight excluding hydrogens is 273 g/mol. The van der Waals surface area contributed by atoms with Gasteiger partial charge in [-0.05, 0) is 47.0 Å².